The number of aliphatic hydroxyl groups excluding tert-OH is 2. The number of thiazole rings is 1. The summed E-state index contributed by atoms with van der Waals surface area (Å²) in [6.07, 6.45) is -0.141. The number of amides is 1. The van der Waals surface area contributed by atoms with Gasteiger partial charge in [0.1, 0.15) is 5.69 Å². The fourth-order valence-corrected chi connectivity index (χ4v) is 2.75. The predicted molar refractivity (Wildman–Crippen MR) is 86.1 cm³/mol. The van der Waals surface area contributed by atoms with Crippen LogP contribution in [0.1, 0.15) is 33.5 Å². The van der Waals surface area contributed by atoms with Crippen LogP contribution in [0.2, 0.25) is 0 Å². The van der Waals surface area contributed by atoms with Crippen LogP contribution in [0.3, 0.4) is 0 Å². The second kappa shape index (κ2) is 7.49. The molecule has 6 heteroatoms. The molecular weight excluding hydrogens is 300 g/mol. The number of hydrogen-bond donors (Lipinski definition) is 3. The average Bonchev–Trinajstić information content (AvgIpc) is 2.95. The Balaban J connectivity index is 2.01. The zero-order valence-corrected chi connectivity index (χ0v) is 13.4. The fourth-order valence-electron chi connectivity index (χ4n) is 1.94. The zero-order valence-electron chi connectivity index (χ0n) is 12.6. The Morgan fingerprint density at radius 2 is 2.05 bits per heavy atom. The van der Waals surface area contributed by atoms with E-state index >= 15 is 0 Å². The smallest absolute Gasteiger partial charge is 0.271 e. The summed E-state index contributed by atoms with van der Waals surface area (Å²) < 4.78 is 0. The Morgan fingerprint density at radius 1 is 1.36 bits per heavy atom. The summed E-state index contributed by atoms with van der Waals surface area (Å²) in [4.78, 5) is 16.4. The first kappa shape index (κ1) is 16.6. The minimum Gasteiger partial charge on any atom is -0.394 e. The molecule has 0 saturated carbocycles. The largest absolute Gasteiger partial charge is 0.394 e. The number of rotatable bonds is 6. The maximum atomic E-state index is 12.0. The van der Waals surface area contributed by atoms with Gasteiger partial charge in [0.15, 0.2) is 0 Å². The summed E-state index contributed by atoms with van der Waals surface area (Å²) in [6.45, 7) is 3.24. The molecule has 0 radical (unpaired) electrons. The first-order valence-electron chi connectivity index (χ1n) is 7.09. The quantitative estimate of drug-likeness (QED) is 0.753. The van der Waals surface area contributed by atoms with Crippen molar-refractivity contribution in [1.82, 2.24) is 10.3 Å². The number of benzene rings is 1. The van der Waals surface area contributed by atoms with E-state index in [1.165, 1.54) is 23.8 Å². The topological polar surface area (TPSA) is 82.5 Å². The number of aromatic nitrogens is 1. The van der Waals surface area contributed by atoms with E-state index in [1.807, 2.05) is 31.2 Å². The van der Waals surface area contributed by atoms with Gasteiger partial charge >= 0.3 is 0 Å². The van der Waals surface area contributed by atoms with Gasteiger partial charge in [0.25, 0.3) is 5.91 Å². The van der Waals surface area contributed by atoms with Crippen molar-refractivity contribution < 1.29 is 15.0 Å². The van der Waals surface area contributed by atoms with Crippen LogP contribution in [0.25, 0.3) is 0 Å². The molecule has 0 spiro atoms. The van der Waals surface area contributed by atoms with Crippen LogP contribution >= 0.6 is 11.3 Å². The van der Waals surface area contributed by atoms with Crippen LogP contribution in [0.4, 0.5) is 0 Å². The Bertz CT molecular complexity index is 623. The van der Waals surface area contributed by atoms with Gasteiger partial charge in [0.05, 0.1) is 23.8 Å². The van der Waals surface area contributed by atoms with Gasteiger partial charge < -0.3 is 15.5 Å². The average molecular weight is 320 g/mol. The lowest BCUT2D eigenvalue weighted by atomic mass is 10.1. The molecule has 0 bridgehead atoms. The normalized spacial score (nSPS) is 13.6. The van der Waals surface area contributed by atoms with Crippen molar-refractivity contribution in [2.75, 3.05) is 6.61 Å². The van der Waals surface area contributed by atoms with Crippen molar-refractivity contribution in [3.63, 3.8) is 0 Å². The molecule has 0 aliphatic rings. The molecule has 0 fully saturated rings. The number of nitrogens with one attached hydrogen (secondary N) is 1. The highest BCUT2D eigenvalue weighted by molar-refractivity contribution is 7.09. The lowest BCUT2D eigenvalue weighted by Crippen LogP contribution is -2.44. The van der Waals surface area contributed by atoms with Crippen LogP contribution in [0.5, 0.6) is 0 Å². The van der Waals surface area contributed by atoms with E-state index in [-0.39, 0.29) is 12.5 Å². The molecule has 0 aliphatic heterocycles. The lowest BCUT2D eigenvalue weighted by molar-refractivity contribution is 0.0754. The molecule has 1 aromatic carbocycles. The SMILES string of the molecule is Cc1ccc(Cc2nc(C(=O)N[C@H](CO)[C@@H](C)O)cs2)cc1. The molecule has 0 aliphatic carbocycles. The molecule has 2 aromatic rings. The van der Waals surface area contributed by atoms with Crippen LogP contribution < -0.4 is 5.32 Å². The second-order valence-corrected chi connectivity index (χ2v) is 6.23. The molecule has 1 amide bonds. The van der Waals surface area contributed by atoms with E-state index in [0.717, 1.165) is 10.6 Å². The second-order valence-electron chi connectivity index (χ2n) is 5.29. The minimum atomic E-state index is -0.820. The van der Waals surface area contributed by atoms with Crippen LogP contribution in [-0.4, -0.2) is 39.9 Å². The highest BCUT2D eigenvalue weighted by atomic mass is 32.1. The van der Waals surface area contributed by atoms with Crippen molar-refractivity contribution in [2.24, 2.45) is 0 Å². The van der Waals surface area contributed by atoms with Crippen LogP contribution in [0, 0.1) is 6.92 Å². The van der Waals surface area contributed by atoms with Crippen LogP contribution in [0.15, 0.2) is 29.6 Å². The maximum absolute atomic E-state index is 12.0. The summed E-state index contributed by atoms with van der Waals surface area (Å²) >= 11 is 1.42. The van der Waals surface area contributed by atoms with E-state index < -0.39 is 12.1 Å². The molecule has 22 heavy (non-hydrogen) atoms. The van der Waals surface area contributed by atoms with Gasteiger partial charge in [-0.05, 0) is 19.4 Å². The standard InChI is InChI=1S/C16H20N2O3S/c1-10-3-5-12(6-4-10)7-15-17-14(9-22-15)16(21)18-13(8-19)11(2)20/h3-6,9,11,13,19-20H,7-8H2,1-2H3,(H,18,21)/t11-,13-/m1/s1. The van der Waals surface area contributed by atoms with E-state index in [9.17, 15) is 9.90 Å². The summed E-state index contributed by atoms with van der Waals surface area (Å²) in [5.41, 5.74) is 2.66. The highest BCUT2D eigenvalue weighted by Crippen LogP contribution is 2.15. The molecule has 5 nitrogen and oxygen atoms in total. The molecule has 2 rings (SSSR count). The third-order valence-corrected chi connectivity index (χ3v) is 4.20. The number of aryl methyl sites for hydroxylation is 1. The molecule has 118 valence electrons. The minimum absolute atomic E-state index is 0.311. The van der Waals surface area contributed by atoms with E-state index in [2.05, 4.69) is 10.3 Å². The Kier molecular flexibility index (Phi) is 5.65. The Hall–Kier alpha value is -1.76. The molecule has 0 saturated heterocycles. The molecule has 2 atom stereocenters. The predicted octanol–water partition coefficient (Wildman–Crippen LogP) is 1.51. The third-order valence-electron chi connectivity index (χ3n) is 3.36. The van der Waals surface area contributed by atoms with Crippen molar-refractivity contribution in [1.29, 1.82) is 0 Å². The number of carbonyl (C=O) groups excluding carboxylic acids is 1. The third kappa shape index (κ3) is 4.37. The molecule has 1 aromatic heterocycles. The van der Waals surface area contributed by atoms with Crippen molar-refractivity contribution in [2.45, 2.75) is 32.4 Å². The van der Waals surface area contributed by atoms with E-state index in [0.29, 0.717) is 12.1 Å². The Morgan fingerprint density at radius 3 is 2.64 bits per heavy atom. The number of carbonyl (C=O) groups is 1. The number of hydrogen-bond acceptors (Lipinski definition) is 5. The zero-order chi connectivity index (χ0) is 16.1. The molecular formula is C16H20N2O3S. The van der Waals surface area contributed by atoms with E-state index in [1.54, 1.807) is 5.38 Å². The van der Waals surface area contributed by atoms with Crippen LogP contribution in [-0.2, 0) is 6.42 Å². The van der Waals surface area contributed by atoms with E-state index in [4.69, 9.17) is 5.11 Å². The number of nitrogens with zero attached hydrogens (tertiary/aromatic N) is 1. The molecule has 1 heterocycles. The van der Waals surface area contributed by atoms with Gasteiger partial charge in [-0.15, -0.1) is 11.3 Å². The van der Waals surface area contributed by atoms with Gasteiger partial charge in [-0.2, -0.15) is 0 Å². The fraction of sp³-hybridized carbons (Fsp3) is 0.375. The van der Waals surface area contributed by atoms with Crippen molar-refractivity contribution in [3.05, 3.63) is 51.5 Å². The first-order chi connectivity index (χ1) is 10.5. The van der Waals surface area contributed by atoms with Gasteiger partial charge in [0, 0.05) is 11.8 Å². The van der Waals surface area contributed by atoms with Gasteiger partial charge in [0.2, 0.25) is 0 Å². The van der Waals surface area contributed by atoms with Crippen molar-refractivity contribution >= 4 is 17.2 Å². The van der Waals surface area contributed by atoms with Gasteiger partial charge in [-0.1, -0.05) is 29.8 Å². The summed E-state index contributed by atoms with van der Waals surface area (Å²) in [5, 5.41) is 23.7. The van der Waals surface area contributed by atoms with Crippen molar-refractivity contribution in [3.8, 4) is 0 Å². The highest BCUT2D eigenvalue weighted by Gasteiger charge is 2.19. The summed E-state index contributed by atoms with van der Waals surface area (Å²) in [5.74, 6) is -0.383. The monoisotopic (exact) mass is 320 g/mol. The van der Waals surface area contributed by atoms with Gasteiger partial charge in [-0.25, -0.2) is 4.98 Å². The molecule has 0 unspecified atom stereocenters. The van der Waals surface area contributed by atoms with Gasteiger partial charge in [-0.3, -0.25) is 4.79 Å². The summed E-state index contributed by atoms with van der Waals surface area (Å²) in [7, 11) is 0. The lowest BCUT2D eigenvalue weighted by Gasteiger charge is -2.18. The summed E-state index contributed by atoms with van der Waals surface area (Å²) in [6, 6.07) is 7.50. The first-order valence-corrected chi connectivity index (χ1v) is 7.97. The Labute approximate surface area is 133 Å². The molecule has 3 N–H and O–H groups in total. The maximum Gasteiger partial charge on any atom is 0.271 e. The number of aliphatic hydroxyl groups is 2.